The van der Waals surface area contributed by atoms with Gasteiger partial charge in [0.25, 0.3) is 0 Å². The Bertz CT molecular complexity index is 911. The molecular formula is C19H17BrN2O5. The second-order valence-electron chi connectivity index (χ2n) is 5.75. The monoisotopic (exact) mass is 432 g/mol. The molecule has 2 aromatic rings. The van der Waals surface area contributed by atoms with Crippen molar-refractivity contribution < 1.29 is 23.8 Å². The van der Waals surface area contributed by atoms with Crippen LogP contribution in [0.4, 0.5) is 0 Å². The fourth-order valence-electron chi connectivity index (χ4n) is 2.57. The number of amides is 1. The van der Waals surface area contributed by atoms with Crippen LogP contribution in [-0.4, -0.2) is 29.9 Å². The fraction of sp³-hybridized carbons (Fsp3) is 0.211. The summed E-state index contributed by atoms with van der Waals surface area (Å²) in [6.07, 6.45) is -0.729. The molecule has 0 saturated heterocycles. The normalized spacial score (nSPS) is 15.8. The van der Waals surface area contributed by atoms with Gasteiger partial charge in [0, 0.05) is 23.9 Å². The average Bonchev–Trinajstić information content (AvgIpc) is 3.08. The Labute approximate surface area is 164 Å². The van der Waals surface area contributed by atoms with Crippen molar-refractivity contribution in [3.8, 4) is 11.5 Å². The molecule has 1 aliphatic rings. The maximum absolute atomic E-state index is 12.1. The first-order valence-electron chi connectivity index (χ1n) is 8.06. The summed E-state index contributed by atoms with van der Waals surface area (Å²) in [5, 5.41) is 5.55. The Hall–Kier alpha value is -2.87. The molecule has 0 fully saturated rings. The number of benzene rings is 2. The lowest BCUT2D eigenvalue weighted by Crippen LogP contribution is -2.25. The number of esters is 1. The molecule has 27 heavy (non-hydrogen) atoms. The third-order valence-corrected chi connectivity index (χ3v) is 4.29. The van der Waals surface area contributed by atoms with Gasteiger partial charge in [-0.25, -0.2) is 0 Å². The first-order chi connectivity index (χ1) is 12.9. The van der Waals surface area contributed by atoms with Gasteiger partial charge in [0.2, 0.25) is 18.0 Å². The molecule has 0 bridgehead atoms. The van der Waals surface area contributed by atoms with Crippen LogP contribution in [0.25, 0.3) is 0 Å². The lowest BCUT2D eigenvalue weighted by atomic mass is 10.1. The van der Waals surface area contributed by atoms with Crippen LogP contribution < -0.4 is 9.47 Å². The highest BCUT2D eigenvalue weighted by Gasteiger charge is 2.34. The Morgan fingerprint density at radius 1 is 1.15 bits per heavy atom. The number of hydrogen-bond acceptors (Lipinski definition) is 6. The molecule has 1 unspecified atom stereocenters. The van der Waals surface area contributed by atoms with Gasteiger partial charge in [-0.2, -0.15) is 5.01 Å². The molecule has 1 heterocycles. The zero-order valence-corrected chi connectivity index (χ0v) is 16.5. The molecule has 1 atom stereocenters. The third kappa shape index (κ3) is 4.11. The molecule has 7 nitrogen and oxygen atoms in total. The minimum absolute atomic E-state index is 0.184. The molecule has 0 aliphatic carbocycles. The summed E-state index contributed by atoms with van der Waals surface area (Å²) in [7, 11) is 1.58. The summed E-state index contributed by atoms with van der Waals surface area (Å²) in [5.41, 5.74) is 1.19. The van der Waals surface area contributed by atoms with E-state index < -0.39 is 12.2 Å². The number of methoxy groups -OCH3 is 1. The number of hydrazone groups is 1. The highest BCUT2D eigenvalue weighted by atomic mass is 79.9. The van der Waals surface area contributed by atoms with E-state index in [0.29, 0.717) is 17.1 Å². The Morgan fingerprint density at radius 2 is 1.85 bits per heavy atom. The van der Waals surface area contributed by atoms with Gasteiger partial charge in [0.1, 0.15) is 11.5 Å². The van der Waals surface area contributed by atoms with Crippen molar-refractivity contribution in [2.75, 3.05) is 7.11 Å². The molecule has 3 rings (SSSR count). The van der Waals surface area contributed by atoms with E-state index in [1.54, 1.807) is 49.6 Å². The number of rotatable bonds is 4. The van der Waals surface area contributed by atoms with Gasteiger partial charge in [-0.15, -0.1) is 5.10 Å². The molecule has 0 N–H and O–H groups in total. The zero-order chi connectivity index (χ0) is 19.6. The van der Waals surface area contributed by atoms with Crippen LogP contribution in [0.1, 0.15) is 31.2 Å². The molecular weight excluding hydrogens is 416 g/mol. The molecule has 0 spiro atoms. The topological polar surface area (TPSA) is 77.4 Å². The van der Waals surface area contributed by atoms with Crippen molar-refractivity contribution in [3.63, 3.8) is 0 Å². The summed E-state index contributed by atoms with van der Waals surface area (Å²) >= 11 is 3.38. The van der Waals surface area contributed by atoms with Crippen molar-refractivity contribution in [3.05, 3.63) is 58.1 Å². The van der Waals surface area contributed by atoms with E-state index in [1.165, 1.54) is 18.9 Å². The first-order valence-corrected chi connectivity index (χ1v) is 8.85. The molecule has 0 aromatic heterocycles. The zero-order valence-electron chi connectivity index (χ0n) is 14.9. The summed E-state index contributed by atoms with van der Waals surface area (Å²) in [6, 6.07) is 12.2. The molecule has 1 aliphatic heterocycles. The predicted molar refractivity (Wildman–Crippen MR) is 101 cm³/mol. The lowest BCUT2D eigenvalue weighted by molar-refractivity contribution is -0.135. The number of ether oxygens (including phenoxy) is 3. The Morgan fingerprint density at radius 3 is 2.44 bits per heavy atom. The molecule has 140 valence electrons. The molecule has 0 radical (unpaired) electrons. The van der Waals surface area contributed by atoms with Crippen molar-refractivity contribution in [2.45, 2.75) is 20.1 Å². The largest absolute Gasteiger partial charge is 0.497 e. The minimum Gasteiger partial charge on any atom is -0.497 e. The second kappa shape index (κ2) is 7.79. The van der Waals surface area contributed by atoms with Crippen LogP contribution >= 0.6 is 15.9 Å². The Balaban J connectivity index is 1.98. The summed E-state index contributed by atoms with van der Waals surface area (Å²) in [4.78, 5) is 23.5. The summed E-state index contributed by atoms with van der Waals surface area (Å²) < 4.78 is 17.1. The highest BCUT2D eigenvalue weighted by molar-refractivity contribution is 9.10. The molecule has 2 aromatic carbocycles. The molecule has 8 heteroatoms. The summed E-state index contributed by atoms with van der Waals surface area (Å²) in [5.74, 6) is 0.422. The quantitative estimate of drug-likeness (QED) is 0.544. The number of hydrogen-bond donors (Lipinski definition) is 0. The average molecular weight is 433 g/mol. The van der Waals surface area contributed by atoms with Gasteiger partial charge in [-0.05, 0) is 42.5 Å². The number of carbonyl (C=O) groups is 2. The van der Waals surface area contributed by atoms with E-state index in [4.69, 9.17) is 14.2 Å². The van der Waals surface area contributed by atoms with Crippen LogP contribution in [-0.2, 0) is 14.3 Å². The van der Waals surface area contributed by atoms with E-state index in [1.807, 2.05) is 0 Å². The number of nitrogens with zero attached hydrogens (tertiary/aromatic N) is 2. The SMILES string of the molecule is COc1ccc(C2OC(c3cc(Br)ccc3OC(C)=O)=NN2C(C)=O)cc1. The lowest BCUT2D eigenvalue weighted by Gasteiger charge is -2.19. The van der Waals surface area contributed by atoms with Crippen LogP contribution in [0.5, 0.6) is 11.5 Å². The fourth-order valence-corrected chi connectivity index (χ4v) is 2.93. The maximum Gasteiger partial charge on any atom is 0.308 e. The van der Waals surface area contributed by atoms with Gasteiger partial charge in [0.05, 0.1) is 12.7 Å². The van der Waals surface area contributed by atoms with Crippen LogP contribution in [0.2, 0.25) is 0 Å². The van der Waals surface area contributed by atoms with E-state index in [0.717, 1.165) is 10.0 Å². The van der Waals surface area contributed by atoms with Gasteiger partial charge in [-0.1, -0.05) is 15.9 Å². The van der Waals surface area contributed by atoms with Crippen LogP contribution in [0, 0.1) is 0 Å². The van der Waals surface area contributed by atoms with Crippen LogP contribution in [0.15, 0.2) is 52.0 Å². The number of carbonyl (C=O) groups excluding carboxylic acids is 2. The Kier molecular flexibility index (Phi) is 5.46. The van der Waals surface area contributed by atoms with E-state index in [2.05, 4.69) is 21.0 Å². The van der Waals surface area contributed by atoms with Crippen LogP contribution in [0.3, 0.4) is 0 Å². The van der Waals surface area contributed by atoms with Gasteiger partial charge in [0.15, 0.2) is 0 Å². The van der Waals surface area contributed by atoms with Crippen molar-refractivity contribution in [1.29, 1.82) is 0 Å². The first kappa shape index (κ1) is 18.9. The van der Waals surface area contributed by atoms with Crippen molar-refractivity contribution in [1.82, 2.24) is 5.01 Å². The van der Waals surface area contributed by atoms with Gasteiger partial charge in [-0.3, -0.25) is 9.59 Å². The van der Waals surface area contributed by atoms with Gasteiger partial charge < -0.3 is 14.2 Å². The van der Waals surface area contributed by atoms with Crippen molar-refractivity contribution in [2.24, 2.45) is 5.10 Å². The van der Waals surface area contributed by atoms with E-state index in [9.17, 15) is 9.59 Å². The van der Waals surface area contributed by atoms with Crippen molar-refractivity contribution >= 4 is 33.7 Å². The van der Waals surface area contributed by atoms with E-state index >= 15 is 0 Å². The summed E-state index contributed by atoms with van der Waals surface area (Å²) in [6.45, 7) is 2.71. The predicted octanol–water partition coefficient (Wildman–Crippen LogP) is 3.62. The highest BCUT2D eigenvalue weighted by Crippen LogP contribution is 2.34. The number of halogens is 1. The molecule has 1 amide bonds. The second-order valence-corrected chi connectivity index (χ2v) is 6.66. The molecule has 0 saturated carbocycles. The minimum atomic E-state index is -0.729. The smallest absolute Gasteiger partial charge is 0.308 e. The standard InChI is InChI=1S/C19H17BrN2O5/c1-11(23)22-19(13-4-7-15(25-3)8-5-13)27-18(21-22)16-10-14(20)6-9-17(16)26-12(2)24/h4-10,19H,1-3H3. The maximum atomic E-state index is 12.1. The van der Waals surface area contributed by atoms with Gasteiger partial charge >= 0.3 is 5.97 Å². The third-order valence-electron chi connectivity index (χ3n) is 3.79. The van der Waals surface area contributed by atoms with E-state index in [-0.39, 0.29) is 11.8 Å².